The maximum Gasteiger partial charge on any atom is 0.241 e. The fourth-order valence-electron chi connectivity index (χ4n) is 2.93. The van der Waals surface area contributed by atoms with Crippen LogP contribution in [0.5, 0.6) is 0 Å². The van der Waals surface area contributed by atoms with Crippen LogP contribution in [0.4, 0.5) is 0 Å². The third kappa shape index (κ3) is 8.10. The third-order valence-electron chi connectivity index (χ3n) is 4.39. The van der Waals surface area contributed by atoms with E-state index in [4.69, 9.17) is 33.7 Å². The zero-order valence-corrected chi connectivity index (χ0v) is 19.7. The van der Waals surface area contributed by atoms with Gasteiger partial charge >= 0.3 is 0 Å². The molecule has 7 nitrogen and oxygen atoms in total. The van der Waals surface area contributed by atoms with Gasteiger partial charge in [0.15, 0.2) is 4.34 Å². The van der Waals surface area contributed by atoms with Gasteiger partial charge in [0.1, 0.15) is 0 Å². The smallest absolute Gasteiger partial charge is 0.241 e. The van der Waals surface area contributed by atoms with Crippen molar-refractivity contribution in [3.8, 4) is 0 Å². The minimum atomic E-state index is -0.526. The number of aromatic nitrogens is 1. The number of benzene rings is 1. The molecule has 1 atom stereocenters. The quantitative estimate of drug-likeness (QED) is 0.405. The Balaban J connectivity index is 1.39. The summed E-state index contributed by atoms with van der Waals surface area (Å²) in [4.78, 5) is 29.6. The van der Waals surface area contributed by atoms with Gasteiger partial charge in [-0.2, -0.15) is 0 Å². The number of thiazole rings is 1. The number of carbonyl (C=O) groups excluding carboxylic acids is 2. The van der Waals surface area contributed by atoms with Crippen LogP contribution in [0.3, 0.4) is 0 Å². The van der Waals surface area contributed by atoms with E-state index in [1.807, 2.05) is 12.1 Å². The van der Waals surface area contributed by atoms with Crippen LogP contribution in [0.1, 0.15) is 11.3 Å². The van der Waals surface area contributed by atoms with Crippen molar-refractivity contribution in [1.29, 1.82) is 0 Å². The van der Waals surface area contributed by atoms with Crippen LogP contribution < -0.4 is 11.1 Å². The number of ether oxygens (including phenoxy) is 1. The normalized spacial score (nSPS) is 17.2. The third-order valence-corrected chi connectivity index (χ3v) is 7.16. The lowest BCUT2D eigenvalue weighted by Crippen LogP contribution is -2.47. The maximum absolute atomic E-state index is 12.2. The molecule has 11 heteroatoms. The summed E-state index contributed by atoms with van der Waals surface area (Å²) < 4.78 is 6.54. The van der Waals surface area contributed by atoms with E-state index in [-0.39, 0.29) is 17.8 Å². The first-order valence-corrected chi connectivity index (χ1v) is 12.1. The minimum absolute atomic E-state index is 0.0733. The van der Waals surface area contributed by atoms with Gasteiger partial charge in [-0.1, -0.05) is 41.0 Å². The van der Waals surface area contributed by atoms with Gasteiger partial charge in [0, 0.05) is 37.6 Å². The Labute approximate surface area is 198 Å². The monoisotopic (exact) mass is 500 g/mol. The largest absolute Gasteiger partial charge is 0.374 e. The highest BCUT2D eigenvalue weighted by molar-refractivity contribution is 8.01. The van der Waals surface area contributed by atoms with Crippen molar-refractivity contribution in [3.63, 3.8) is 0 Å². The highest BCUT2D eigenvalue weighted by atomic mass is 35.5. The number of thioether (sulfide) groups is 1. The molecule has 0 spiro atoms. The lowest BCUT2D eigenvalue weighted by molar-refractivity contribution is -0.119. The molecular formula is C20H22Cl2N4O3S2. The highest BCUT2D eigenvalue weighted by Crippen LogP contribution is 2.24. The molecule has 31 heavy (non-hydrogen) atoms. The Morgan fingerprint density at radius 3 is 3.00 bits per heavy atom. The standard InChI is InChI=1S/C20H22Cl2N4O3S2/c21-16-3-1-13(7-17(16)22)9-26-5-6-29-15(10-26)8-24-19(28)12-31-20-25-14(11-30-20)2-4-18(23)27/h1-4,7,11,15H,5-6,8-10,12H2,(H2,23,27)(H,24,28). The molecule has 3 N–H and O–H groups in total. The summed E-state index contributed by atoms with van der Waals surface area (Å²) in [6, 6.07) is 5.64. The molecule has 0 radical (unpaired) electrons. The van der Waals surface area contributed by atoms with Gasteiger partial charge in [0.2, 0.25) is 11.8 Å². The molecule has 1 saturated heterocycles. The Kier molecular flexibility index (Phi) is 9.18. The van der Waals surface area contributed by atoms with Crippen LogP contribution >= 0.6 is 46.3 Å². The molecule has 1 aliphatic heterocycles. The second kappa shape index (κ2) is 11.8. The number of morpholine rings is 1. The number of primary amides is 1. The molecule has 1 aromatic carbocycles. The molecule has 1 fully saturated rings. The minimum Gasteiger partial charge on any atom is -0.374 e. The molecule has 2 amide bonds. The first kappa shape index (κ1) is 24.0. The van der Waals surface area contributed by atoms with Crippen LogP contribution in [0.2, 0.25) is 10.0 Å². The van der Waals surface area contributed by atoms with E-state index in [9.17, 15) is 9.59 Å². The zero-order chi connectivity index (χ0) is 22.2. The fourth-order valence-corrected chi connectivity index (χ4v) is 4.88. The summed E-state index contributed by atoms with van der Waals surface area (Å²) in [6.45, 7) is 3.34. The molecular weight excluding hydrogens is 479 g/mol. The zero-order valence-electron chi connectivity index (χ0n) is 16.6. The van der Waals surface area contributed by atoms with Gasteiger partial charge in [-0.05, 0) is 23.8 Å². The predicted octanol–water partition coefficient (Wildman–Crippen LogP) is 3.06. The van der Waals surface area contributed by atoms with E-state index in [1.54, 1.807) is 17.5 Å². The van der Waals surface area contributed by atoms with Crippen molar-refractivity contribution in [2.75, 3.05) is 32.0 Å². The molecule has 3 rings (SSSR count). The molecule has 0 bridgehead atoms. The number of nitrogens with two attached hydrogens (primary N) is 1. The van der Waals surface area contributed by atoms with Crippen molar-refractivity contribution in [3.05, 3.63) is 51.0 Å². The number of hydrogen-bond acceptors (Lipinski definition) is 7. The average molecular weight is 501 g/mol. The molecule has 2 heterocycles. The van der Waals surface area contributed by atoms with Gasteiger partial charge < -0.3 is 15.8 Å². The number of halogens is 2. The van der Waals surface area contributed by atoms with Crippen molar-refractivity contribution < 1.29 is 14.3 Å². The van der Waals surface area contributed by atoms with Crippen molar-refractivity contribution >= 4 is 64.2 Å². The number of carbonyl (C=O) groups is 2. The Hall–Kier alpha value is -1.62. The van der Waals surface area contributed by atoms with E-state index in [0.717, 1.165) is 29.5 Å². The number of rotatable bonds is 9. The van der Waals surface area contributed by atoms with Crippen LogP contribution in [0.25, 0.3) is 6.08 Å². The summed E-state index contributed by atoms with van der Waals surface area (Å²) in [6.07, 6.45) is 2.73. The Morgan fingerprint density at radius 2 is 2.23 bits per heavy atom. The van der Waals surface area contributed by atoms with Gasteiger partial charge in [-0.15, -0.1) is 11.3 Å². The molecule has 166 valence electrons. The molecule has 1 aliphatic rings. The topological polar surface area (TPSA) is 97.5 Å². The fraction of sp³-hybridized carbons (Fsp3) is 0.350. The van der Waals surface area contributed by atoms with Crippen LogP contribution in [0.15, 0.2) is 34.0 Å². The molecule has 2 aromatic rings. The van der Waals surface area contributed by atoms with E-state index >= 15 is 0 Å². The molecule has 0 aliphatic carbocycles. The highest BCUT2D eigenvalue weighted by Gasteiger charge is 2.21. The molecule has 1 aromatic heterocycles. The summed E-state index contributed by atoms with van der Waals surface area (Å²) in [7, 11) is 0. The first-order chi connectivity index (χ1) is 14.9. The van der Waals surface area contributed by atoms with Gasteiger partial charge in [-0.25, -0.2) is 4.98 Å². The molecule has 0 saturated carbocycles. The number of amides is 2. The van der Waals surface area contributed by atoms with E-state index < -0.39 is 5.91 Å². The maximum atomic E-state index is 12.2. The van der Waals surface area contributed by atoms with Crippen molar-refractivity contribution in [1.82, 2.24) is 15.2 Å². The Morgan fingerprint density at radius 1 is 1.39 bits per heavy atom. The van der Waals surface area contributed by atoms with Crippen LogP contribution in [-0.2, 0) is 20.9 Å². The lowest BCUT2D eigenvalue weighted by atomic mass is 10.2. The average Bonchev–Trinajstić information content (AvgIpc) is 3.20. The van der Waals surface area contributed by atoms with Crippen molar-refractivity contribution in [2.45, 2.75) is 17.0 Å². The number of nitrogens with zero attached hydrogens (tertiary/aromatic N) is 2. The van der Waals surface area contributed by atoms with E-state index in [2.05, 4.69) is 15.2 Å². The summed E-state index contributed by atoms with van der Waals surface area (Å²) >= 11 is 14.8. The summed E-state index contributed by atoms with van der Waals surface area (Å²) in [5, 5.41) is 5.82. The number of hydrogen-bond donors (Lipinski definition) is 2. The SMILES string of the molecule is NC(=O)C=Cc1csc(SCC(=O)NCC2CN(Cc3ccc(Cl)c(Cl)c3)CCO2)n1. The predicted molar refractivity (Wildman–Crippen MR) is 126 cm³/mol. The lowest BCUT2D eigenvalue weighted by Gasteiger charge is -2.33. The van der Waals surface area contributed by atoms with Gasteiger partial charge in [0.25, 0.3) is 0 Å². The van der Waals surface area contributed by atoms with E-state index in [0.29, 0.717) is 28.9 Å². The Bertz CT molecular complexity index is 954. The summed E-state index contributed by atoms with van der Waals surface area (Å²) in [5.41, 5.74) is 6.80. The van der Waals surface area contributed by atoms with Crippen LogP contribution in [-0.4, -0.2) is 59.8 Å². The summed E-state index contributed by atoms with van der Waals surface area (Å²) in [5.74, 6) is -0.353. The van der Waals surface area contributed by atoms with Gasteiger partial charge in [0.05, 0.1) is 34.2 Å². The first-order valence-electron chi connectivity index (χ1n) is 9.49. The van der Waals surface area contributed by atoms with Crippen LogP contribution in [0, 0.1) is 0 Å². The van der Waals surface area contributed by atoms with E-state index in [1.165, 1.54) is 29.2 Å². The van der Waals surface area contributed by atoms with Crippen molar-refractivity contribution in [2.24, 2.45) is 5.73 Å². The second-order valence-electron chi connectivity index (χ2n) is 6.84. The number of nitrogens with one attached hydrogen (secondary N) is 1. The second-order valence-corrected chi connectivity index (χ2v) is 9.74. The molecule has 1 unspecified atom stereocenters. The van der Waals surface area contributed by atoms with Gasteiger partial charge in [-0.3, -0.25) is 14.5 Å².